The zero-order valence-corrected chi connectivity index (χ0v) is 17.7. The van der Waals surface area contributed by atoms with E-state index in [0.29, 0.717) is 30.3 Å². The molecular formula is C22H24ClN3O2S. The van der Waals surface area contributed by atoms with E-state index in [9.17, 15) is 9.59 Å². The smallest absolute Gasteiger partial charge is 0.255 e. The van der Waals surface area contributed by atoms with Gasteiger partial charge in [-0.15, -0.1) is 11.8 Å². The number of carbonyl (C=O) groups excluding carboxylic acids is 2. The number of amides is 2. The standard InChI is InChI=1S/C22H24ClN3O2S/c23-19-8-6-17(7-9-19)14-24-10-12-25(13-11-24)22(28)20-15-29-16-26(20)21(27)18-4-2-1-3-5-18/h1-9,20H,10-16H2/t20-/m0/s1. The van der Waals surface area contributed by atoms with E-state index < -0.39 is 0 Å². The molecule has 0 bridgehead atoms. The van der Waals surface area contributed by atoms with Crippen molar-refractivity contribution in [3.63, 3.8) is 0 Å². The summed E-state index contributed by atoms with van der Waals surface area (Å²) < 4.78 is 0. The van der Waals surface area contributed by atoms with E-state index in [0.717, 1.165) is 24.7 Å². The van der Waals surface area contributed by atoms with Crippen LogP contribution in [-0.4, -0.2) is 70.4 Å². The molecule has 29 heavy (non-hydrogen) atoms. The second kappa shape index (κ2) is 9.20. The van der Waals surface area contributed by atoms with E-state index in [1.165, 1.54) is 5.56 Å². The van der Waals surface area contributed by atoms with Crippen molar-refractivity contribution in [3.05, 3.63) is 70.7 Å². The molecule has 152 valence electrons. The highest BCUT2D eigenvalue weighted by molar-refractivity contribution is 7.99. The van der Waals surface area contributed by atoms with Crippen LogP contribution in [0.4, 0.5) is 0 Å². The molecule has 0 radical (unpaired) electrons. The summed E-state index contributed by atoms with van der Waals surface area (Å²) in [4.78, 5) is 32.0. The highest BCUT2D eigenvalue weighted by Gasteiger charge is 2.38. The van der Waals surface area contributed by atoms with Gasteiger partial charge in [-0.3, -0.25) is 14.5 Å². The summed E-state index contributed by atoms with van der Waals surface area (Å²) in [5, 5.41) is 0.744. The number of hydrogen-bond acceptors (Lipinski definition) is 4. The quantitative estimate of drug-likeness (QED) is 0.748. The first-order valence-corrected chi connectivity index (χ1v) is 11.3. The third-order valence-corrected chi connectivity index (χ3v) is 6.72. The first-order valence-electron chi connectivity index (χ1n) is 9.81. The molecule has 2 saturated heterocycles. The monoisotopic (exact) mass is 429 g/mol. The molecule has 0 saturated carbocycles. The van der Waals surface area contributed by atoms with Crippen molar-refractivity contribution in [1.82, 2.24) is 14.7 Å². The number of carbonyl (C=O) groups is 2. The number of nitrogens with zero attached hydrogens (tertiary/aromatic N) is 3. The third kappa shape index (κ3) is 4.77. The highest BCUT2D eigenvalue weighted by atomic mass is 35.5. The fraction of sp³-hybridized carbons (Fsp3) is 0.364. The number of halogens is 1. The Morgan fingerprint density at radius 1 is 0.966 bits per heavy atom. The van der Waals surface area contributed by atoms with Crippen LogP contribution < -0.4 is 0 Å². The van der Waals surface area contributed by atoms with E-state index in [-0.39, 0.29) is 17.9 Å². The fourth-order valence-corrected chi connectivity index (χ4v) is 5.05. The van der Waals surface area contributed by atoms with Crippen LogP contribution >= 0.6 is 23.4 Å². The summed E-state index contributed by atoms with van der Waals surface area (Å²) in [7, 11) is 0. The van der Waals surface area contributed by atoms with Gasteiger partial charge in [-0.25, -0.2) is 0 Å². The zero-order valence-electron chi connectivity index (χ0n) is 16.2. The first-order chi connectivity index (χ1) is 14.1. The van der Waals surface area contributed by atoms with Crippen LogP contribution in [0.1, 0.15) is 15.9 Å². The molecule has 4 rings (SSSR count). The fourth-order valence-electron chi connectivity index (χ4n) is 3.78. The van der Waals surface area contributed by atoms with Crippen LogP contribution in [0.25, 0.3) is 0 Å². The predicted octanol–water partition coefficient (Wildman–Crippen LogP) is 3.20. The summed E-state index contributed by atoms with van der Waals surface area (Å²) in [5.74, 6) is 1.25. The lowest BCUT2D eigenvalue weighted by atomic mass is 10.1. The van der Waals surface area contributed by atoms with Crippen LogP contribution in [-0.2, 0) is 11.3 Å². The molecule has 2 aromatic rings. The van der Waals surface area contributed by atoms with E-state index in [4.69, 9.17) is 11.6 Å². The SMILES string of the molecule is O=C([C@@H]1CSCN1C(=O)c1ccccc1)N1CCN(Cc2ccc(Cl)cc2)CC1. The summed E-state index contributed by atoms with van der Waals surface area (Å²) >= 11 is 7.60. The number of hydrogen-bond donors (Lipinski definition) is 0. The van der Waals surface area contributed by atoms with Crippen molar-refractivity contribution in [2.45, 2.75) is 12.6 Å². The summed E-state index contributed by atoms with van der Waals surface area (Å²) in [6, 6.07) is 16.8. The molecule has 2 amide bonds. The number of benzene rings is 2. The Bertz CT molecular complexity index is 854. The third-order valence-electron chi connectivity index (χ3n) is 5.45. The zero-order chi connectivity index (χ0) is 20.2. The Hall–Kier alpha value is -2.02. The van der Waals surface area contributed by atoms with Gasteiger partial charge in [0, 0.05) is 49.1 Å². The summed E-state index contributed by atoms with van der Waals surface area (Å²) in [6.45, 7) is 3.92. The molecule has 0 unspecified atom stereocenters. The van der Waals surface area contributed by atoms with E-state index in [1.807, 2.05) is 59.5 Å². The van der Waals surface area contributed by atoms with E-state index >= 15 is 0 Å². The van der Waals surface area contributed by atoms with Crippen LogP contribution in [0.15, 0.2) is 54.6 Å². The van der Waals surface area contributed by atoms with Gasteiger partial charge in [0.1, 0.15) is 6.04 Å². The van der Waals surface area contributed by atoms with Gasteiger partial charge in [-0.2, -0.15) is 0 Å². The Morgan fingerprint density at radius 3 is 2.34 bits per heavy atom. The van der Waals surface area contributed by atoms with Crippen molar-refractivity contribution >= 4 is 35.2 Å². The van der Waals surface area contributed by atoms with Crippen molar-refractivity contribution < 1.29 is 9.59 Å². The minimum atomic E-state index is -0.365. The Kier molecular flexibility index (Phi) is 6.43. The van der Waals surface area contributed by atoms with Gasteiger partial charge in [0.05, 0.1) is 5.88 Å². The Balaban J connectivity index is 1.34. The second-order valence-electron chi connectivity index (χ2n) is 7.38. The molecule has 5 nitrogen and oxygen atoms in total. The number of rotatable bonds is 4. The van der Waals surface area contributed by atoms with Crippen LogP contribution in [0.2, 0.25) is 5.02 Å². The Labute approximate surface area is 180 Å². The maximum Gasteiger partial charge on any atom is 0.255 e. The lowest BCUT2D eigenvalue weighted by Gasteiger charge is -2.37. The molecule has 2 aliphatic rings. The lowest BCUT2D eigenvalue weighted by molar-refractivity contribution is -0.136. The van der Waals surface area contributed by atoms with Crippen molar-refractivity contribution in [1.29, 1.82) is 0 Å². The molecule has 2 heterocycles. The minimum Gasteiger partial charge on any atom is -0.338 e. The summed E-state index contributed by atoms with van der Waals surface area (Å²) in [5.41, 5.74) is 1.86. The van der Waals surface area contributed by atoms with Gasteiger partial charge in [0.25, 0.3) is 5.91 Å². The second-order valence-corrected chi connectivity index (χ2v) is 8.82. The van der Waals surface area contributed by atoms with Gasteiger partial charge >= 0.3 is 0 Å². The van der Waals surface area contributed by atoms with E-state index in [1.54, 1.807) is 16.7 Å². The molecule has 7 heteroatoms. The predicted molar refractivity (Wildman–Crippen MR) is 117 cm³/mol. The highest BCUT2D eigenvalue weighted by Crippen LogP contribution is 2.25. The molecule has 0 aromatic heterocycles. The van der Waals surface area contributed by atoms with Gasteiger partial charge in [0.2, 0.25) is 5.91 Å². The first kappa shape index (κ1) is 20.3. The van der Waals surface area contributed by atoms with Gasteiger partial charge < -0.3 is 9.80 Å². The van der Waals surface area contributed by atoms with Gasteiger partial charge in [0.15, 0.2) is 0 Å². The minimum absolute atomic E-state index is 0.0599. The van der Waals surface area contributed by atoms with E-state index in [2.05, 4.69) is 4.90 Å². The van der Waals surface area contributed by atoms with Crippen molar-refractivity contribution in [2.75, 3.05) is 37.8 Å². The molecule has 1 atom stereocenters. The van der Waals surface area contributed by atoms with Gasteiger partial charge in [-0.1, -0.05) is 41.9 Å². The average molecular weight is 430 g/mol. The maximum atomic E-state index is 13.1. The number of piperazine rings is 1. The number of thioether (sulfide) groups is 1. The molecule has 2 aromatic carbocycles. The Morgan fingerprint density at radius 2 is 1.66 bits per heavy atom. The molecule has 0 spiro atoms. The van der Waals surface area contributed by atoms with Crippen LogP contribution in [0.3, 0.4) is 0 Å². The van der Waals surface area contributed by atoms with Crippen molar-refractivity contribution in [3.8, 4) is 0 Å². The van der Waals surface area contributed by atoms with Crippen LogP contribution in [0, 0.1) is 0 Å². The lowest BCUT2D eigenvalue weighted by Crippen LogP contribution is -2.54. The van der Waals surface area contributed by atoms with Crippen molar-refractivity contribution in [2.24, 2.45) is 0 Å². The molecule has 0 aliphatic carbocycles. The van der Waals surface area contributed by atoms with Gasteiger partial charge in [-0.05, 0) is 29.8 Å². The normalized spacial score (nSPS) is 20.1. The summed E-state index contributed by atoms with van der Waals surface area (Å²) in [6.07, 6.45) is 0. The molecule has 0 N–H and O–H groups in total. The molecule has 2 aliphatic heterocycles. The van der Waals surface area contributed by atoms with Crippen LogP contribution in [0.5, 0.6) is 0 Å². The molecule has 2 fully saturated rings. The largest absolute Gasteiger partial charge is 0.338 e. The molecular weight excluding hydrogens is 406 g/mol. The maximum absolute atomic E-state index is 13.1. The average Bonchev–Trinajstić information content (AvgIpc) is 3.25. The topological polar surface area (TPSA) is 43.9 Å².